The minimum Gasteiger partial charge on any atom is -0.406 e. The van der Waals surface area contributed by atoms with Crippen molar-refractivity contribution < 1.29 is 32.6 Å². The first-order valence-corrected chi connectivity index (χ1v) is 16.0. The smallest absolute Gasteiger partial charge is 0.406 e. The molecule has 0 aliphatic carbocycles. The van der Waals surface area contributed by atoms with Crippen molar-refractivity contribution in [3.05, 3.63) is 89.7 Å². The number of hydrogen-bond donors (Lipinski definition) is 2. The first-order chi connectivity index (χ1) is 22.6. The van der Waals surface area contributed by atoms with Crippen LogP contribution in [0.1, 0.15) is 50.3 Å². The van der Waals surface area contributed by atoms with Crippen molar-refractivity contribution in [3.63, 3.8) is 0 Å². The molecule has 4 aromatic rings. The van der Waals surface area contributed by atoms with E-state index in [2.05, 4.69) is 25.1 Å². The summed E-state index contributed by atoms with van der Waals surface area (Å²) in [6.45, 7) is 9.39. The Kier molecular flexibility index (Phi) is 9.97. The quantitative estimate of drug-likeness (QED) is 0.200. The van der Waals surface area contributed by atoms with Gasteiger partial charge in [-0.05, 0) is 80.1 Å². The zero-order valence-corrected chi connectivity index (χ0v) is 27.8. The third-order valence-electron chi connectivity index (χ3n) is 7.48. The number of halogens is 3. The molecule has 1 aromatic heterocycles. The Balaban J connectivity index is 1.23. The van der Waals surface area contributed by atoms with Crippen molar-refractivity contribution in [1.82, 2.24) is 20.1 Å². The van der Waals surface area contributed by atoms with Gasteiger partial charge in [0, 0.05) is 12.1 Å². The van der Waals surface area contributed by atoms with Crippen LogP contribution in [0.4, 0.5) is 23.7 Å². The number of amides is 3. The topological polar surface area (TPSA) is 122 Å². The predicted molar refractivity (Wildman–Crippen MR) is 178 cm³/mol. The first kappa shape index (κ1) is 34.6. The van der Waals surface area contributed by atoms with Gasteiger partial charge in [-0.1, -0.05) is 62.0 Å². The number of aromatic nitrogens is 3. The number of anilines is 1. The van der Waals surface area contributed by atoms with Gasteiger partial charge >= 0.3 is 12.4 Å². The maximum Gasteiger partial charge on any atom is 0.573 e. The molecule has 252 valence electrons. The van der Waals surface area contributed by atoms with Crippen LogP contribution in [0.25, 0.3) is 17.1 Å². The molecule has 0 saturated carbocycles. The van der Waals surface area contributed by atoms with Gasteiger partial charge in [0.15, 0.2) is 11.0 Å². The van der Waals surface area contributed by atoms with Gasteiger partial charge in [-0.2, -0.15) is 4.99 Å². The maximum atomic E-state index is 13.6. The fraction of sp³-hybridized carbons (Fsp3) is 0.324. The van der Waals surface area contributed by atoms with Crippen molar-refractivity contribution >= 4 is 34.6 Å². The van der Waals surface area contributed by atoms with Crippen LogP contribution in [-0.4, -0.2) is 60.7 Å². The van der Waals surface area contributed by atoms with E-state index in [1.54, 1.807) is 13.8 Å². The van der Waals surface area contributed by atoms with E-state index in [1.165, 1.54) is 40.2 Å². The van der Waals surface area contributed by atoms with Gasteiger partial charge in [0.25, 0.3) is 0 Å². The van der Waals surface area contributed by atoms with E-state index >= 15 is 0 Å². The standard InChI is InChI=1S/C34H35F3N6O4S/c1-20(2)26-15-6-21(3)18-27(26)43-30(44)28(33(4,5)46)48-32(43)40-31(45)38-17-16-22-7-9-23(10-8-22)29-39-19-42(41-29)24-11-13-25(14-12-24)47-34(35,36)37/h6-15,18-20,28,46H,16-17H2,1-5H3,(H,38,45)/b40-32-. The average molecular weight is 681 g/mol. The van der Waals surface area contributed by atoms with Crippen molar-refractivity contribution in [1.29, 1.82) is 0 Å². The molecular weight excluding hydrogens is 645 g/mol. The van der Waals surface area contributed by atoms with Gasteiger partial charge in [-0.25, -0.2) is 14.5 Å². The summed E-state index contributed by atoms with van der Waals surface area (Å²) in [6, 6.07) is 17.9. The number of nitrogens with zero attached hydrogens (tertiary/aromatic N) is 5. The molecule has 1 unspecified atom stereocenters. The number of thioether (sulfide) groups is 1. The number of benzene rings is 3. The Morgan fingerprint density at radius 3 is 2.40 bits per heavy atom. The Morgan fingerprint density at radius 2 is 1.77 bits per heavy atom. The summed E-state index contributed by atoms with van der Waals surface area (Å²) in [6.07, 6.45) is -2.80. The Hall–Kier alpha value is -4.69. The second kappa shape index (κ2) is 13.8. The average Bonchev–Trinajstić information content (AvgIpc) is 3.62. The number of hydrogen-bond acceptors (Lipinski definition) is 7. The minimum absolute atomic E-state index is 0.107. The van der Waals surface area contributed by atoms with Gasteiger partial charge in [0.1, 0.15) is 17.3 Å². The zero-order valence-electron chi connectivity index (χ0n) is 26.9. The number of aliphatic hydroxyl groups is 1. The van der Waals surface area contributed by atoms with Crippen LogP contribution in [0.5, 0.6) is 5.75 Å². The molecule has 1 atom stereocenters. The van der Waals surface area contributed by atoms with Crippen molar-refractivity contribution in [2.75, 3.05) is 11.4 Å². The Morgan fingerprint density at radius 1 is 1.08 bits per heavy atom. The van der Waals surface area contributed by atoms with Crippen molar-refractivity contribution in [2.24, 2.45) is 4.99 Å². The van der Waals surface area contributed by atoms with Gasteiger partial charge in [-0.3, -0.25) is 9.69 Å². The summed E-state index contributed by atoms with van der Waals surface area (Å²) < 4.78 is 42.7. The van der Waals surface area contributed by atoms with Crippen LogP contribution in [-0.2, 0) is 11.2 Å². The molecule has 0 radical (unpaired) electrons. The van der Waals surface area contributed by atoms with E-state index in [-0.39, 0.29) is 29.3 Å². The lowest BCUT2D eigenvalue weighted by atomic mass is 9.97. The van der Waals surface area contributed by atoms with Crippen LogP contribution >= 0.6 is 11.8 Å². The molecule has 48 heavy (non-hydrogen) atoms. The molecule has 0 spiro atoms. The van der Waals surface area contributed by atoms with E-state index in [1.807, 2.05) is 63.2 Å². The molecule has 3 amide bonds. The number of ether oxygens (including phenoxy) is 1. The monoisotopic (exact) mass is 680 g/mol. The molecule has 3 aromatic carbocycles. The van der Waals surface area contributed by atoms with Gasteiger partial charge in [-0.15, -0.1) is 18.3 Å². The number of aliphatic imine (C=N–C) groups is 1. The molecular formula is C34H35F3N6O4S. The lowest BCUT2D eigenvalue weighted by Crippen LogP contribution is -2.42. The summed E-state index contributed by atoms with van der Waals surface area (Å²) in [5.41, 5.74) is 3.36. The summed E-state index contributed by atoms with van der Waals surface area (Å²) in [4.78, 5) is 36.5. The van der Waals surface area contributed by atoms with Crippen LogP contribution in [0, 0.1) is 6.92 Å². The SMILES string of the molecule is Cc1ccc(C(C)C)c(N2C(=O)C(C(C)(C)O)S/C2=N\C(=O)NCCc2ccc(-c3ncn(-c4ccc(OC(F)(F)F)cc4)n3)cc2)c1. The van der Waals surface area contributed by atoms with Crippen LogP contribution in [0.2, 0.25) is 0 Å². The fourth-order valence-corrected chi connectivity index (χ4v) is 6.22. The molecule has 1 saturated heterocycles. The summed E-state index contributed by atoms with van der Waals surface area (Å²) in [7, 11) is 0. The highest BCUT2D eigenvalue weighted by atomic mass is 32.2. The highest BCUT2D eigenvalue weighted by Crippen LogP contribution is 2.40. The Bertz CT molecular complexity index is 1820. The second-order valence-corrected chi connectivity index (χ2v) is 13.2. The maximum absolute atomic E-state index is 13.6. The summed E-state index contributed by atoms with van der Waals surface area (Å²) in [5.74, 6) is -0.135. The van der Waals surface area contributed by atoms with Gasteiger partial charge in [0.2, 0.25) is 5.91 Å². The second-order valence-electron chi connectivity index (χ2n) is 12.2. The van der Waals surface area contributed by atoms with E-state index in [0.717, 1.165) is 34.0 Å². The fourth-order valence-electron chi connectivity index (χ4n) is 5.08. The van der Waals surface area contributed by atoms with Crippen molar-refractivity contribution in [2.45, 2.75) is 64.2 Å². The minimum atomic E-state index is -4.77. The zero-order chi connectivity index (χ0) is 34.8. The van der Waals surface area contributed by atoms with E-state index in [0.29, 0.717) is 23.6 Å². The molecule has 0 bridgehead atoms. The highest BCUT2D eigenvalue weighted by Gasteiger charge is 2.47. The predicted octanol–water partition coefficient (Wildman–Crippen LogP) is 6.79. The molecule has 1 aliphatic rings. The Labute approximate surface area is 280 Å². The molecule has 1 aliphatic heterocycles. The van der Waals surface area contributed by atoms with Crippen LogP contribution in [0.15, 0.2) is 78.0 Å². The lowest BCUT2D eigenvalue weighted by molar-refractivity contribution is -0.274. The van der Waals surface area contributed by atoms with Crippen molar-refractivity contribution in [3.8, 4) is 22.8 Å². The molecule has 2 heterocycles. The number of carbonyl (C=O) groups is 2. The number of urea groups is 1. The molecule has 10 nitrogen and oxygen atoms in total. The normalized spacial score (nSPS) is 16.2. The number of rotatable bonds is 9. The molecule has 5 rings (SSSR count). The number of aryl methyl sites for hydroxylation is 1. The third-order valence-corrected chi connectivity index (χ3v) is 8.97. The van der Waals surface area contributed by atoms with Gasteiger partial charge < -0.3 is 15.2 Å². The molecule has 1 fully saturated rings. The van der Waals surface area contributed by atoms with Gasteiger partial charge in [0.05, 0.1) is 17.0 Å². The van der Waals surface area contributed by atoms with Crippen LogP contribution in [0.3, 0.4) is 0 Å². The van der Waals surface area contributed by atoms with Crippen LogP contribution < -0.4 is 15.0 Å². The number of alkyl halides is 3. The molecule has 2 N–H and O–H groups in total. The van der Waals surface area contributed by atoms with E-state index in [4.69, 9.17) is 0 Å². The first-order valence-electron chi connectivity index (χ1n) is 15.2. The number of carbonyl (C=O) groups excluding carboxylic acids is 2. The highest BCUT2D eigenvalue weighted by molar-refractivity contribution is 8.16. The van der Waals surface area contributed by atoms with E-state index in [9.17, 15) is 27.9 Å². The largest absolute Gasteiger partial charge is 0.573 e. The summed E-state index contributed by atoms with van der Waals surface area (Å²) >= 11 is 1.07. The third kappa shape index (κ3) is 8.23. The summed E-state index contributed by atoms with van der Waals surface area (Å²) in [5, 5.41) is 17.3. The number of nitrogens with one attached hydrogen (secondary N) is 1. The number of amidine groups is 1. The molecule has 14 heteroatoms. The van der Waals surface area contributed by atoms with E-state index < -0.39 is 23.2 Å². The lowest BCUT2D eigenvalue weighted by Gasteiger charge is -2.25.